The van der Waals surface area contributed by atoms with E-state index >= 15 is 0 Å². The van der Waals surface area contributed by atoms with Gasteiger partial charge in [0.05, 0.1) is 17.8 Å². The summed E-state index contributed by atoms with van der Waals surface area (Å²) in [6.45, 7) is 2.83. The average molecular weight is 350 g/mol. The quantitative estimate of drug-likeness (QED) is 0.581. The normalized spacial score (nSPS) is 11.2. The zero-order valence-corrected chi connectivity index (χ0v) is 14.9. The van der Waals surface area contributed by atoms with Crippen molar-refractivity contribution in [2.75, 3.05) is 26.5 Å². The van der Waals surface area contributed by atoms with Crippen molar-refractivity contribution in [1.29, 1.82) is 0 Å². The molecular weight excluding hydrogens is 328 g/mol. The van der Waals surface area contributed by atoms with Gasteiger partial charge in [-0.2, -0.15) is 0 Å². The number of hydrogen-bond acceptors (Lipinski definition) is 5. The van der Waals surface area contributed by atoms with Gasteiger partial charge in [-0.15, -0.1) is 11.8 Å². The maximum Gasteiger partial charge on any atom is 0.252 e. The van der Waals surface area contributed by atoms with Crippen LogP contribution in [-0.4, -0.2) is 43.3 Å². The van der Waals surface area contributed by atoms with Gasteiger partial charge in [-0.25, -0.2) is 0 Å². The van der Waals surface area contributed by atoms with Crippen molar-refractivity contribution >= 4 is 28.6 Å². The van der Waals surface area contributed by atoms with Gasteiger partial charge in [-0.1, -0.05) is 18.2 Å². The average Bonchev–Trinajstić information content (AvgIpc) is 2.60. The second kappa shape index (κ2) is 8.86. The molecule has 0 saturated heterocycles. The molecule has 1 aromatic carbocycles. The summed E-state index contributed by atoms with van der Waals surface area (Å²) in [6.07, 6.45) is -0.465. The van der Waals surface area contributed by atoms with Crippen LogP contribution in [-0.2, 0) is 20.8 Å². The molecule has 2 rings (SSSR count). The smallest absolute Gasteiger partial charge is 0.252 e. The Bertz CT molecular complexity index is 756. The number of ether oxygens (including phenoxy) is 2. The molecule has 0 spiro atoms. The number of aromatic nitrogens is 1. The molecule has 0 atom stereocenters. The highest BCUT2D eigenvalue weighted by Gasteiger charge is 2.11. The van der Waals surface area contributed by atoms with Crippen LogP contribution in [0.15, 0.2) is 40.0 Å². The van der Waals surface area contributed by atoms with Gasteiger partial charge in [0.15, 0.2) is 6.29 Å². The van der Waals surface area contributed by atoms with Gasteiger partial charge < -0.3 is 19.4 Å². The molecule has 0 aliphatic heterocycles. The number of para-hydroxylation sites is 1. The first kappa shape index (κ1) is 18.5. The van der Waals surface area contributed by atoms with E-state index in [2.05, 4.69) is 5.32 Å². The molecule has 0 bridgehead atoms. The van der Waals surface area contributed by atoms with Crippen LogP contribution in [0, 0.1) is 0 Å². The summed E-state index contributed by atoms with van der Waals surface area (Å²) in [5.41, 5.74) is 0.826. The highest BCUT2D eigenvalue weighted by atomic mass is 32.2. The first-order valence-corrected chi connectivity index (χ1v) is 8.67. The van der Waals surface area contributed by atoms with Crippen molar-refractivity contribution in [3.8, 4) is 0 Å². The number of nitrogens with one attached hydrogen (secondary N) is 1. The number of thioether (sulfide) groups is 1. The molecule has 1 N–H and O–H groups in total. The predicted molar refractivity (Wildman–Crippen MR) is 95.4 cm³/mol. The van der Waals surface area contributed by atoms with Crippen molar-refractivity contribution < 1.29 is 14.3 Å². The van der Waals surface area contributed by atoms with E-state index in [1.165, 1.54) is 26.0 Å². The highest BCUT2D eigenvalue weighted by molar-refractivity contribution is 8.00. The van der Waals surface area contributed by atoms with Crippen molar-refractivity contribution in [3.63, 3.8) is 0 Å². The van der Waals surface area contributed by atoms with Crippen LogP contribution in [0.3, 0.4) is 0 Å². The Morgan fingerprint density at radius 2 is 2.00 bits per heavy atom. The molecule has 0 aliphatic carbocycles. The lowest BCUT2D eigenvalue weighted by Gasteiger charge is -2.14. The number of hydrogen-bond donors (Lipinski definition) is 1. The van der Waals surface area contributed by atoms with Crippen LogP contribution in [0.5, 0.6) is 0 Å². The van der Waals surface area contributed by atoms with E-state index in [1.54, 1.807) is 10.6 Å². The second-order valence-corrected chi connectivity index (χ2v) is 6.12. The molecule has 0 unspecified atom stereocenters. The fraction of sp³-hybridized carbons (Fsp3) is 0.412. The Labute approximate surface area is 145 Å². The Hall–Kier alpha value is -1.83. The molecule has 0 fully saturated rings. The molecular formula is C17H22N2O4S. The van der Waals surface area contributed by atoms with Crippen LogP contribution >= 0.6 is 11.8 Å². The standard InChI is InChI=1S/C17H22N2O4S/c1-4-19-13-8-6-5-7-12(13)14(9-16(19)21)24-11-15(20)18-10-17(22-2)23-3/h5-9,17H,4,10-11H2,1-3H3,(H,18,20). The molecule has 0 saturated carbocycles. The Morgan fingerprint density at radius 3 is 2.67 bits per heavy atom. The first-order chi connectivity index (χ1) is 11.6. The summed E-state index contributed by atoms with van der Waals surface area (Å²) < 4.78 is 11.8. The van der Waals surface area contributed by atoms with E-state index in [4.69, 9.17) is 9.47 Å². The number of carbonyl (C=O) groups is 1. The SMILES string of the molecule is CCn1c(=O)cc(SCC(=O)NCC(OC)OC)c2ccccc21. The lowest BCUT2D eigenvalue weighted by atomic mass is 10.2. The molecule has 6 nitrogen and oxygen atoms in total. The molecule has 0 aliphatic rings. The molecule has 0 radical (unpaired) electrons. The van der Waals surface area contributed by atoms with Gasteiger partial charge in [0.25, 0.3) is 5.56 Å². The molecule has 2 aromatic rings. The molecule has 130 valence electrons. The molecule has 24 heavy (non-hydrogen) atoms. The highest BCUT2D eigenvalue weighted by Crippen LogP contribution is 2.26. The Balaban J connectivity index is 2.11. The van der Waals surface area contributed by atoms with E-state index < -0.39 is 6.29 Å². The van der Waals surface area contributed by atoms with Gasteiger partial charge in [0, 0.05) is 37.1 Å². The third kappa shape index (κ3) is 4.37. The number of pyridine rings is 1. The number of amides is 1. The maximum atomic E-state index is 12.2. The lowest BCUT2D eigenvalue weighted by Crippen LogP contribution is -2.35. The van der Waals surface area contributed by atoms with E-state index in [9.17, 15) is 9.59 Å². The third-order valence-electron chi connectivity index (χ3n) is 3.65. The number of aryl methyl sites for hydroxylation is 1. The van der Waals surface area contributed by atoms with Crippen LogP contribution in [0.25, 0.3) is 10.9 Å². The lowest BCUT2D eigenvalue weighted by molar-refractivity contribution is -0.125. The fourth-order valence-electron chi connectivity index (χ4n) is 2.40. The van der Waals surface area contributed by atoms with Gasteiger partial charge in [0.2, 0.25) is 5.91 Å². The molecule has 1 heterocycles. The summed E-state index contributed by atoms with van der Waals surface area (Å²) in [4.78, 5) is 25.0. The van der Waals surface area contributed by atoms with E-state index in [0.717, 1.165) is 15.8 Å². The largest absolute Gasteiger partial charge is 0.354 e. The minimum absolute atomic E-state index is 0.0575. The predicted octanol–water partition coefficient (Wildman–Crippen LogP) is 1.85. The van der Waals surface area contributed by atoms with Gasteiger partial charge in [-0.3, -0.25) is 9.59 Å². The number of carbonyl (C=O) groups excluding carboxylic acids is 1. The second-order valence-electron chi connectivity index (χ2n) is 5.10. The van der Waals surface area contributed by atoms with Crippen LogP contribution in [0.2, 0.25) is 0 Å². The number of benzene rings is 1. The van der Waals surface area contributed by atoms with Crippen molar-refractivity contribution in [2.24, 2.45) is 0 Å². The molecule has 1 amide bonds. The summed E-state index contributed by atoms with van der Waals surface area (Å²) in [7, 11) is 3.04. The van der Waals surface area contributed by atoms with Crippen molar-refractivity contribution in [2.45, 2.75) is 24.7 Å². The number of nitrogens with zero attached hydrogens (tertiary/aromatic N) is 1. The topological polar surface area (TPSA) is 69.6 Å². The van der Waals surface area contributed by atoms with E-state index in [1.807, 2.05) is 31.2 Å². The maximum absolute atomic E-state index is 12.2. The van der Waals surface area contributed by atoms with Gasteiger partial charge >= 0.3 is 0 Å². The minimum atomic E-state index is -0.465. The van der Waals surface area contributed by atoms with Gasteiger partial charge in [0.1, 0.15) is 0 Å². The third-order valence-corrected chi connectivity index (χ3v) is 4.70. The summed E-state index contributed by atoms with van der Waals surface area (Å²) in [5, 5.41) is 3.72. The van der Waals surface area contributed by atoms with Crippen molar-refractivity contribution in [1.82, 2.24) is 9.88 Å². The zero-order valence-electron chi connectivity index (χ0n) is 14.1. The molecule has 7 heteroatoms. The molecule has 1 aromatic heterocycles. The van der Waals surface area contributed by atoms with E-state index in [0.29, 0.717) is 6.54 Å². The number of rotatable bonds is 8. The van der Waals surface area contributed by atoms with Crippen molar-refractivity contribution in [3.05, 3.63) is 40.7 Å². The van der Waals surface area contributed by atoms with Crippen LogP contribution < -0.4 is 10.9 Å². The first-order valence-electron chi connectivity index (χ1n) is 7.68. The van der Waals surface area contributed by atoms with Crippen LogP contribution in [0.1, 0.15) is 6.92 Å². The number of methoxy groups -OCH3 is 2. The monoisotopic (exact) mass is 350 g/mol. The summed E-state index contributed by atoms with van der Waals surface area (Å²) >= 11 is 1.35. The zero-order chi connectivity index (χ0) is 17.5. The number of fused-ring (bicyclic) bond motifs is 1. The fourth-order valence-corrected chi connectivity index (χ4v) is 3.30. The van der Waals surface area contributed by atoms with Gasteiger partial charge in [-0.05, 0) is 13.0 Å². The van der Waals surface area contributed by atoms with Crippen LogP contribution in [0.4, 0.5) is 0 Å². The Kier molecular flexibility index (Phi) is 6.84. The summed E-state index contributed by atoms with van der Waals surface area (Å²) in [6, 6.07) is 9.32. The minimum Gasteiger partial charge on any atom is -0.354 e. The summed E-state index contributed by atoms with van der Waals surface area (Å²) in [5.74, 6) is 0.0857. The Morgan fingerprint density at radius 1 is 1.29 bits per heavy atom. The van der Waals surface area contributed by atoms with E-state index in [-0.39, 0.29) is 23.8 Å².